The maximum Gasteiger partial charge on any atom is 0.0886 e. The summed E-state index contributed by atoms with van der Waals surface area (Å²) in [6.07, 6.45) is 7.17. The van der Waals surface area contributed by atoms with E-state index in [2.05, 4.69) is 40.8 Å². The number of hydrogen-bond donors (Lipinski definition) is 0. The van der Waals surface area contributed by atoms with Crippen molar-refractivity contribution in [1.82, 2.24) is 24.9 Å². The molecule has 5 heterocycles. The van der Waals surface area contributed by atoms with Gasteiger partial charge in [-0.25, -0.2) is 0 Å². The molecule has 0 N–H and O–H groups in total. The first-order chi connectivity index (χ1) is 24.1. The summed E-state index contributed by atoms with van der Waals surface area (Å²) in [7, 11) is 8.34. The van der Waals surface area contributed by atoms with Gasteiger partial charge in [-0.15, -0.1) is 0 Å². The largest absolute Gasteiger partial charge is 0.378 e. The molecule has 0 atom stereocenters. The van der Waals surface area contributed by atoms with Crippen LogP contribution in [-0.2, 0) is 56.7 Å². The highest BCUT2D eigenvalue weighted by Gasteiger charge is 1.95. The Hall–Kier alpha value is -3.97. The minimum Gasteiger partial charge on any atom is -0.378 e. The van der Waals surface area contributed by atoms with Crippen LogP contribution in [0.15, 0.2) is 96.0 Å². The van der Waals surface area contributed by atoms with Gasteiger partial charge in [0.2, 0.25) is 0 Å². The molecule has 5 aromatic heterocycles. The summed E-state index contributed by atoms with van der Waals surface area (Å²) in [6, 6.07) is 21.7. The van der Waals surface area contributed by atoms with Crippen molar-refractivity contribution in [1.29, 1.82) is 0 Å². The van der Waals surface area contributed by atoms with Crippen LogP contribution in [-0.4, -0.2) is 60.5 Å². The van der Waals surface area contributed by atoms with Gasteiger partial charge in [-0.3, -0.25) is 24.9 Å². The summed E-state index contributed by atoms with van der Waals surface area (Å²) in [6.45, 7) is 11.0. The second kappa shape index (κ2) is 27.8. The summed E-state index contributed by atoms with van der Waals surface area (Å²) in [5, 5.41) is 0. The minimum atomic E-state index is 0.577. The molecule has 0 radical (unpaired) electrons. The van der Waals surface area contributed by atoms with E-state index in [0.29, 0.717) is 33.0 Å². The molecule has 10 nitrogen and oxygen atoms in total. The smallest absolute Gasteiger partial charge is 0.0886 e. The zero-order valence-electron chi connectivity index (χ0n) is 30.9. The van der Waals surface area contributed by atoms with Gasteiger partial charge in [0.1, 0.15) is 0 Å². The molecule has 50 heavy (non-hydrogen) atoms. The first kappa shape index (κ1) is 44.1. The van der Waals surface area contributed by atoms with Gasteiger partial charge in [-0.1, -0.05) is 18.2 Å². The molecule has 0 aromatic carbocycles. The number of halogens is 1. The first-order valence-electron chi connectivity index (χ1n) is 15.9. The van der Waals surface area contributed by atoms with Crippen molar-refractivity contribution in [2.75, 3.05) is 35.5 Å². The molecule has 11 heteroatoms. The molecule has 0 aliphatic rings. The Morgan fingerprint density at radius 2 is 1.10 bits per heavy atom. The summed E-state index contributed by atoms with van der Waals surface area (Å²) in [5.74, 6) is 0. The van der Waals surface area contributed by atoms with E-state index in [-0.39, 0.29) is 0 Å². The van der Waals surface area contributed by atoms with Gasteiger partial charge >= 0.3 is 0 Å². The number of nitrogens with zero attached hydrogens (tertiary/aromatic N) is 5. The molecule has 270 valence electrons. The van der Waals surface area contributed by atoms with E-state index < -0.39 is 0 Å². The predicted molar refractivity (Wildman–Crippen MR) is 201 cm³/mol. The maximum atomic E-state index is 4.95. The number of methoxy groups -OCH3 is 5. The zero-order valence-corrected chi connectivity index (χ0v) is 32.4. The Balaban J connectivity index is 0.000000312. The summed E-state index contributed by atoms with van der Waals surface area (Å²) in [4.78, 5) is 20.7. The molecular weight excluding hydrogens is 698 g/mol. The van der Waals surface area contributed by atoms with Crippen molar-refractivity contribution in [3.05, 3.63) is 147 Å². The molecule has 5 aromatic rings. The molecule has 5 rings (SSSR count). The third kappa shape index (κ3) is 21.2. The molecule has 0 unspecified atom stereocenters. The Bertz CT molecular complexity index is 1480. The Labute approximate surface area is 306 Å². The fourth-order valence-corrected chi connectivity index (χ4v) is 4.07. The van der Waals surface area contributed by atoms with Crippen molar-refractivity contribution >= 4 is 15.9 Å². The van der Waals surface area contributed by atoms with E-state index in [1.807, 2.05) is 101 Å². The second-order valence-corrected chi connectivity index (χ2v) is 11.7. The number of aromatic nitrogens is 5. The molecule has 0 amide bonds. The van der Waals surface area contributed by atoms with Crippen LogP contribution >= 0.6 is 15.9 Å². The molecule has 0 saturated carbocycles. The third-order valence-electron chi connectivity index (χ3n) is 6.25. The Kier molecular flexibility index (Phi) is 24.5. The van der Waals surface area contributed by atoms with Gasteiger partial charge in [0.15, 0.2) is 0 Å². The van der Waals surface area contributed by atoms with Crippen LogP contribution in [0.4, 0.5) is 0 Å². The Morgan fingerprint density at radius 3 is 1.62 bits per heavy atom. The van der Waals surface area contributed by atoms with Crippen molar-refractivity contribution in [3.8, 4) is 0 Å². The van der Waals surface area contributed by atoms with Gasteiger partial charge in [0.25, 0.3) is 0 Å². The topological polar surface area (TPSA) is 111 Å². The number of hydrogen-bond acceptors (Lipinski definition) is 10. The van der Waals surface area contributed by atoms with Gasteiger partial charge in [-0.05, 0) is 109 Å². The lowest BCUT2D eigenvalue weighted by Gasteiger charge is -2.00. The van der Waals surface area contributed by atoms with Crippen LogP contribution in [0.1, 0.15) is 50.9 Å². The van der Waals surface area contributed by atoms with E-state index in [9.17, 15) is 0 Å². The SMILES string of the molecule is COCc1cc(C)ccn1.COCc1ccc(Br)cn1.COCc1ccc(C)cn1.COCc1cccc(C)n1.COCc1ncccc1C. The van der Waals surface area contributed by atoms with Crippen molar-refractivity contribution < 1.29 is 23.7 Å². The lowest BCUT2D eigenvalue weighted by Crippen LogP contribution is -1.94. The van der Waals surface area contributed by atoms with Gasteiger partial charge < -0.3 is 23.7 Å². The fourth-order valence-electron chi connectivity index (χ4n) is 3.83. The quantitative estimate of drug-likeness (QED) is 0.139. The molecule has 0 aliphatic heterocycles. The average Bonchev–Trinajstić information content (AvgIpc) is 3.10. The van der Waals surface area contributed by atoms with Crippen molar-refractivity contribution in [2.24, 2.45) is 0 Å². The van der Waals surface area contributed by atoms with E-state index in [1.54, 1.807) is 54.1 Å². The van der Waals surface area contributed by atoms with E-state index in [4.69, 9.17) is 23.7 Å². The van der Waals surface area contributed by atoms with Gasteiger partial charge in [0, 0.05) is 70.5 Å². The monoisotopic (exact) mass is 749 g/mol. The Morgan fingerprint density at radius 1 is 0.500 bits per heavy atom. The first-order valence-corrected chi connectivity index (χ1v) is 16.7. The maximum absolute atomic E-state index is 4.95. The van der Waals surface area contributed by atoms with Gasteiger partial charge in [-0.2, -0.15) is 0 Å². The van der Waals surface area contributed by atoms with E-state index >= 15 is 0 Å². The van der Waals surface area contributed by atoms with Crippen LogP contribution in [0.2, 0.25) is 0 Å². The molecule has 0 saturated heterocycles. The van der Waals surface area contributed by atoms with E-state index in [1.165, 1.54) is 16.7 Å². The van der Waals surface area contributed by atoms with Crippen LogP contribution < -0.4 is 0 Å². The fraction of sp³-hybridized carbons (Fsp3) is 0.359. The minimum absolute atomic E-state index is 0.577. The zero-order chi connectivity index (χ0) is 37.0. The number of pyridine rings is 5. The van der Waals surface area contributed by atoms with Crippen LogP contribution in [0.25, 0.3) is 0 Å². The second-order valence-electron chi connectivity index (χ2n) is 10.8. The molecular formula is C39H52BrN5O5. The third-order valence-corrected chi connectivity index (χ3v) is 6.72. The van der Waals surface area contributed by atoms with Crippen molar-refractivity contribution in [2.45, 2.75) is 60.7 Å². The van der Waals surface area contributed by atoms with Crippen LogP contribution in [0, 0.1) is 27.7 Å². The summed E-state index contributed by atoms with van der Waals surface area (Å²) >= 11 is 3.29. The van der Waals surface area contributed by atoms with E-state index in [0.717, 1.165) is 38.6 Å². The van der Waals surface area contributed by atoms with Gasteiger partial charge in [0.05, 0.1) is 61.5 Å². The summed E-state index contributed by atoms with van der Waals surface area (Å²) in [5.41, 5.74) is 9.55. The molecule has 0 aliphatic carbocycles. The molecule has 0 bridgehead atoms. The van der Waals surface area contributed by atoms with Crippen molar-refractivity contribution in [3.63, 3.8) is 0 Å². The number of aryl methyl sites for hydroxylation is 4. The number of rotatable bonds is 10. The highest BCUT2D eigenvalue weighted by molar-refractivity contribution is 9.10. The van der Waals surface area contributed by atoms with Crippen LogP contribution in [0.3, 0.4) is 0 Å². The molecule has 0 spiro atoms. The number of ether oxygens (including phenoxy) is 5. The highest BCUT2D eigenvalue weighted by atomic mass is 79.9. The summed E-state index contributed by atoms with van der Waals surface area (Å²) < 4.78 is 25.6. The lowest BCUT2D eigenvalue weighted by molar-refractivity contribution is 0.181. The highest BCUT2D eigenvalue weighted by Crippen LogP contribution is 2.07. The standard InChI is InChI=1S/4C8H11NO.C7H8BrNO/c1-7-3-4-9-8(5-7)6-10-2;1-7-3-4-8(6-10-2)9-5-7;1-7-4-3-5-9-8(7)6-10-2;1-7-4-3-5-8(9-7)6-10-2;1-10-5-7-3-2-6(8)4-9-7/h4*3-5H,6H2,1-2H3;2-4H,5H2,1H3. The molecule has 0 fully saturated rings. The normalized spacial score (nSPS) is 9.80. The van der Waals surface area contributed by atoms with Crippen LogP contribution in [0.5, 0.6) is 0 Å². The lowest BCUT2D eigenvalue weighted by atomic mass is 10.2. The predicted octanol–water partition coefficient (Wildman–Crippen LogP) is 8.14. The average molecular weight is 751 g/mol.